The lowest BCUT2D eigenvalue weighted by Crippen LogP contribution is -2.33. The van der Waals surface area contributed by atoms with Gasteiger partial charge in [0.15, 0.2) is 0 Å². The van der Waals surface area contributed by atoms with Crippen LogP contribution >= 0.6 is 23.1 Å². The van der Waals surface area contributed by atoms with Gasteiger partial charge in [-0.15, -0.1) is 5.10 Å². The van der Waals surface area contributed by atoms with E-state index in [0.29, 0.717) is 10.3 Å². The number of halogens is 1. The molecule has 1 fully saturated rings. The molecule has 2 rings (SSSR count). The van der Waals surface area contributed by atoms with Crippen LogP contribution in [0.5, 0.6) is 0 Å². The molecule has 5 nitrogen and oxygen atoms in total. The number of hydrogen-bond acceptors (Lipinski definition) is 5. The van der Waals surface area contributed by atoms with E-state index in [9.17, 15) is 4.79 Å². The maximum atomic E-state index is 10.5. The fourth-order valence-corrected chi connectivity index (χ4v) is 2.88. The molecule has 0 aromatic carbocycles. The third kappa shape index (κ3) is 3.90. The van der Waals surface area contributed by atoms with Crippen LogP contribution in [-0.2, 0) is 11.3 Å². The molecule has 1 aromatic heterocycles. The van der Waals surface area contributed by atoms with Crippen molar-refractivity contribution in [3.63, 3.8) is 0 Å². The number of aromatic nitrogens is 2. The molecule has 0 amide bonds. The van der Waals surface area contributed by atoms with E-state index in [-0.39, 0.29) is 6.42 Å². The van der Waals surface area contributed by atoms with Gasteiger partial charge in [-0.25, -0.2) is 0 Å². The fourth-order valence-electron chi connectivity index (χ4n) is 2.26. The number of nitrogens with zero attached hydrogens (tertiary/aromatic N) is 3. The second-order valence-corrected chi connectivity index (χ2v) is 6.00. The molecule has 0 saturated carbocycles. The van der Waals surface area contributed by atoms with Crippen molar-refractivity contribution in [2.45, 2.75) is 32.2 Å². The average Bonchev–Trinajstić information content (AvgIpc) is 2.74. The van der Waals surface area contributed by atoms with Crippen LogP contribution in [0.25, 0.3) is 0 Å². The number of likely N-dealkylation sites (tertiary alicyclic amines) is 1. The Morgan fingerprint density at radius 2 is 2.22 bits per heavy atom. The number of aliphatic carboxylic acids is 1. The summed E-state index contributed by atoms with van der Waals surface area (Å²) in [6.45, 7) is 2.72. The summed E-state index contributed by atoms with van der Waals surface area (Å²) in [7, 11) is 0. The summed E-state index contributed by atoms with van der Waals surface area (Å²) in [5, 5.41) is 12.7. The zero-order chi connectivity index (χ0) is 13.0. The highest BCUT2D eigenvalue weighted by Gasteiger charge is 2.21. The summed E-state index contributed by atoms with van der Waals surface area (Å²) in [5.41, 5.74) is 0.852. The molecule has 0 atom stereocenters. The van der Waals surface area contributed by atoms with Crippen LogP contribution in [-0.4, -0.2) is 38.7 Å². The van der Waals surface area contributed by atoms with Gasteiger partial charge >= 0.3 is 5.97 Å². The minimum absolute atomic E-state index is 0.284. The quantitative estimate of drug-likeness (QED) is 0.901. The van der Waals surface area contributed by atoms with Crippen LogP contribution in [0.1, 0.15) is 31.4 Å². The van der Waals surface area contributed by atoms with E-state index in [0.717, 1.165) is 44.6 Å². The molecule has 0 bridgehead atoms. The van der Waals surface area contributed by atoms with Gasteiger partial charge in [0.1, 0.15) is 10.0 Å². The molecule has 0 radical (unpaired) electrons. The first-order valence-corrected chi connectivity index (χ1v) is 7.21. The van der Waals surface area contributed by atoms with E-state index in [4.69, 9.17) is 16.7 Å². The number of piperidine rings is 1. The summed E-state index contributed by atoms with van der Waals surface area (Å²) >= 11 is 7.19. The monoisotopic (exact) mass is 289 g/mol. The first-order chi connectivity index (χ1) is 8.65. The molecule has 0 unspecified atom stereocenters. The number of carbonyl (C=O) groups is 1. The van der Waals surface area contributed by atoms with Crippen LogP contribution in [0.15, 0.2) is 0 Å². The van der Waals surface area contributed by atoms with Crippen LogP contribution in [0, 0.1) is 5.92 Å². The molecule has 2 heterocycles. The largest absolute Gasteiger partial charge is 0.481 e. The molecule has 7 heteroatoms. The molecule has 0 aliphatic carbocycles. The molecular weight excluding hydrogens is 274 g/mol. The van der Waals surface area contributed by atoms with Crippen molar-refractivity contribution >= 4 is 29.1 Å². The van der Waals surface area contributed by atoms with Crippen LogP contribution in [0.3, 0.4) is 0 Å². The Kier molecular flexibility index (Phi) is 4.91. The Morgan fingerprint density at radius 1 is 1.50 bits per heavy atom. The van der Waals surface area contributed by atoms with Gasteiger partial charge in [0.25, 0.3) is 0 Å². The Labute approximate surface area is 115 Å². The van der Waals surface area contributed by atoms with Gasteiger partial charge in [0, 0.05) is 24.5 Å². The molecule has 100 valence electrons. The van der Waals surface area contributed by atoms with Crippen molar-refractivity contribution in [3.05, 3.63) is 10.0 Å². The van der Waals surface area contributed by atoms with Gasteiger partial charge in [-0.3, -0.25) is 9.69 Å². The topological polar surface area (TPSA) is 66.3 Å². The van der Waals surface area contributed by atoms with E-state index in [2.05, 4.69) is 14.5 Å². The molecule has 0 spiro atoms. The van der Waals surface area contributed by atoms with Gasteiger partial charge in [0.2, 0.25) is 0 Å². The SMILES string of the molecule is O=C(O)CCC1CCN(Cc2nnsc2Cl)CC1. The van der Waals surface area contributed by atoms with Gasteiger partial charge in [-0.1, -0.05) is 16.1 Å². The maximum absolute atomic E-state index is 10.5. The number of carboxylic acid groups (broad SMARTS) is 1. The predicted molar refractivity (Wildman–Crippen MR) is 69.8 cm³/mol. The Morgan fingerprint density at radius 3 is 2.78 bits per heavy atom. The van der Waals surface area contributed by atoms with E-state index in [1.165, 1.54) is 11.5 Å². The van der Waals surface area contributed by atoms with Gasteiger partial charge in [-0.2, -0.15) is 0 Å². The molecule has 1 N–H and O–H groups in total. The second-order valence-electron chi connectivity index (χ2n) is 4.65. The van der Waals surface area contributed by atoms with E-state index in [1.54, 1.807) is 0 Å². The lowest BCUT2D eigenvalue weighted by atomic mass is 9.92. The average molecular weight is 290 g/mol. The molecule has 1 aliphatic heterocycles. The summed E-state index contributed by atoms with van der Waals surface area (Å²) in [6, 6.07) is 0. The summed E-state index contributed by atoms with van der Waals surface area (Å²) < 4.78 is 4.49. The van der Waals surface area contributed by atoms with E-state index in [1.807, 2.05) is 0 Å². The van der Waals surface area contributed by atoms with E-state index >= 15 is 0 Å². The zero-order valence-corrected chi connectivity index (χ0v) is 11.6. The zero-order valence-electron chi connectivity index (χ0n) is 10.0. The highest BCUT2D eigenvalue weighted by molar-refractivity contribution is 7.10. The van der Waals surface area contributed by atoms with Crippen molar-refractivity contribution in [1.29, 1.82) is 0 Å². The Hall–Kier alpha value is -0.720. The summed E-state index contributed by atoms with van der Waals surface area (Å²) in [6.07, 6.45) is 3.19. The van der Waals surface area contributed by atoms with Crippen molar-refractivity contribution in [2.24, 2.45) is 5.92 Å². The van der Waals surface area contributed by atoms with Crippen molar-refractivity contribution < 1.29 is 9.90 Å². The first kappa shape index (κ1) is 13.7. The smallest absolute Gasteiger partial charge is 0.303 e. The molecule has 1 saturated heterocycles. The summed E-state index contributed by atoms with van der Waals surface area (Å²) in [4.78, 5) is 12.8. The van der Waals surface area contributed by atoms with E-state index < -0.39 is 5.97 Å². The normalized spacial score (nSPS) is 18.1. The third-order valence-corrected chi connectivity index (χ3v) is 4.34. The van der Waals surface area contributed by atoms with Gasteiger partial charge in [0.05, 0.1) is 0 Å². The van der Waals surface area contributed by atoms with Crippen LogP contribution < -0.4 is 0 Å². The lowest BCUT2D eigenvalue weighted by molar-refractivity contribution is -0.137. The van der Waals surface area contributed by atoms with Crippen molar-refractivity contribution in [2.75, 3.05) is 13.1 Å². The van der Waals surface area contributed by atoms with Gasteiger partial charge in [-0.05, 0) is 38.3 Å². The summed E-state index contributed by atoms with van der Waals surface area (Å²) in [5.74, 6) is -0.154. The second kappa shape index (κ2) is 6.45. The molecule has 1 aromatic rings. The first-order valence-electron chi connectivity index (χ1n) is 6.06. The Bertz CT molecular complexity index is 405. The third-order valence-electron chi connectivity index (χ3n) is 3.36. The van der Waals surface area contributed by atoms with Gasteiger partial charge < -0.3 is 5.11 Å². The molecular formula is C11H16ClN3O2S. The van der Waals surface area contributed by atoms with Crippen LogP contribution in [0.4, 0.5) is 0 Å². The van der Waals surface area contributed by atoms with Crippen LogP contribution in [0.2, 0.25) is 4.34 Å². The fraction of sp³-hybridized carbons (Fsp3) is 0.727. The highest BCUT2D eigenvalue weighted by atomic mass is 35.5. The lowest BCUT2D eigenvalue weighted by Gasteiger charge is -2.31. The number of hydrogen-bond donors (Lipinski definition) is 1. The number of rotatable bonds is 5. The molecule has 1 aliphatic rings. The molecule has 18 heavy (non-hydrogen) atoms. The predicted octanol–water partition coefficient (Wildman–Crippen LogP) is 2.27. The maximum Gasteiger partial charge on any atom is 0.303 e. The highest BCUT2D eigenvalue weighted by Crippen LogP contribution is 2.25. The number of carboxylic acids is 1. The van der Waals surface area contributed by atoms with Crippen molar-refractivity contribution in [3.8, 4) is 0 Å². The van der Waals surface area contributed by atoms with Crippen molar-refractivity contribution in [1.82, 2.24) is 14.5 Å². The minimum atomic E-state index is -0.697. The minimum Gasteiger partial charge on any atom is -0.481 e. The Balaban J connectivity index is 1.73. The standard InChI is InChI=1S/C11H16ClN3O2S/c12-11-9(13-14-18-11)7-15-5-3-8(4-6-15)1-2-10(16)17/h8H,1-7H2,(H,16,17).